The molecule has 0 amide bonds. The number of esters is 1. The molecule has 0 aromatic heterocycles. The minimum Gasteiger partial charge on any atom is -0.469 e. The molecule has 0 aliphatic carbocycles. The fourth-order valence-corrected chi connectivity index (χ4v) is 4.13. The third-order valence-electron chi connectivity index (χ3n) is 4.13. The highest BCUT2D eigenvalue weighted by atomic mass is 32.2. The molecule has 1 N–H and O–H groups in total. The molecule has 2 aliphatic heterocycles. The Balaban J connectivity index is 2.27. The van der Waals surface area contributed by atoms with Gasteiger partial charge in [0.1, 0.15) is 5.41 Å². The van der Waals surface area contributed by atoms with Crippen LogP contribution in [0.25, 0.3) is 0 Å². The molecule has 2 aliphatic rings. The van der Waals surface area contributed by atoms with Gasteiger partial charge in [-0.1, -0.05) is 0 Å². The van der Waals surface area contributed by atoms with Gasteiger partial charge in [-0.3, -0.25) is 4.79 Å². The van der Waals surface area contributed by atoms with E-state index in [4.69, 9.17) is 9.47 Å². The standard InChI is InChI=1S/C12H20O4S/c1-15-10(13)11(2-6-16-7-3-11)12(14)4-8-17-9-5-12/h14H,2-9H2,1H3. The van der Waals surface area contributed by atoms with Gasteiger partial charge in [0.05, 0.1) is 12.7 Å². The topological polar surface area (TPSA) is 55.8 Å². The molecule has 0 atom stereocenters. The van der Waals surface area contributed by atoms with E-state index >= 15 is 0 Å². The number of rotatable bonds is 2. The third-order valence-corrected chi connectivity index (χ3v) is 5.12. The minimum atomic E-state index is -0.908. The SMILES string of the molecule is COC(=O)C1(C2(O)CCSCC2)CCOCC1. The van der Waals surface area contributed by atoms with Crippen molar-refractivity contribution in [3.63, 3.8) is 0 Å². The summed E-state index contributed by atoms with van der Waals surface area (Å²) in [5, 5.41) is 10.9. The Morgan fingerprint density at radius 2 is 1.82 bits per heavy atom. The second kappa shape index (κ2) is 5.16. The summed E-state index contributed by atoms with van der Waals surface area (Å²) < 4.78 is 10.3. The molecule has 0 saturated carbocycles. The smallest absolute Gasteiger partial charge is 0.314 e. The third kappa shape index (κ3) is 2.20. The first-order chi connectivity index (χ1) is 8.15. The second-order valence-electron chi connectivity index (χ2n) is 4.83. The Morgan fingerprint density at radius 1 is 1.24 bits per heavy atom. The zero-order valence-electron chi connectivity index (χ0n) is 10.2. The molecule has 0 bridgehead atoms. The first-order valence-electron chi connectivity index (χ1n) is 6.11. The summed E-state index contributed by atoms with van der Waals surface area (Å²) in [6, 6.07) is 0. The Morgan fingerprint density at radius 3 is 2.35 bits per heavy atom. The molecule has 17 heavy (non-hydrogen) atoms. The van der Waals surface area contributed by atoms with E-state index in [2.05, 4.69) is 0 Å². The highest BCUT2D eigenvalue weighted by molar-refractivity contribution is 7.99. The van der Waals surface area contributed by atoms with Crippen molar-refractivity contribution in [3.8, 4) is 0 Å². The molecule has 5 heteroatoms. The number of thioether (sulfide) groups is 1. The molecule has 2 heterocycles. The van der Waals surface area contributed by atoms with Gasteiger partial charge in [-0.15, -0.1) is 0 Å². The van der Waals surface area contributed by atoms with Crippen molar-refractivity contribution < 1.29 is 19.4 Å². The lowest BCUT2D eigenvalue weighted by atomic mass is 9.64. The van der Waals surface area contributed by atoms with Gasteiger partial charge >= 0.3 is 5.97 Å². The summed E-state index contributed by atoms with van der Waals surface area (Å²) in [5.74, 6) is 1.56. The van der Waals surface area contributed by atoms with Crippen LogP contribution in [0.4, 0.5) is 0 Å². The molecule has 0 aromatic rings. The summed E-state index contributed by atoms with van der Waals surface area (Å²) in [6.07, 6.45) is 2.49. The van der Waals surface area contributed by atoms with Crippen LogP contribution in [-0.2, 0) is 14.3 Å². The van der Waals surface area contributed by atoms with Crippen molar-refractivity contribution >= 4 is 17.7 Å². The fraction of sp³-hybridized carbons (Fsp3) is 0.917. The van der Waals surface area contributed by atoms with Crippen LogP contribution in [0.1, 0.15) is 25.7 Å². The van der Waals surface area contributed by atoms with Crippen molar-refractivity contribution in [2.24, 2.45) is 5.41 Å². The van der Waals surface area contributed by atoms with Crippen LogP contribution in [0.5, 0.6) is 0 Å². The van der Waals surface area contributed by atoms with E-state index in [1.807, 2.05) is 11.8 Å². The highest BCUT2D eigenvalue weighted by Gasteiger charge is 2.57. The Labute approximate surface area is 106 Å². The molecule has 2 rings (SSSR count). The number of hydrogen-bond donors (Lipinski definition) is 1. The van der Waals surface area contributed by atoms with E-state index in [-0.39, 0.29) is 5.97 Å². The first kappa shape index (κ1) is 13.2. The molecule has 0 radical (unpaired) electrons. The molecule has 0 aromatic carbocycles. The van der Waals surface area contributed by atoms with Gasteiger partial charge in [-0.2, -0.15) is 11.8 Å². The molecule has 0 unspecified atom stereocenters. The number of ether oxygens (including phenoxy) is 2. The number of carbonyl (C=O) groups excluding carboxylic acids is 1. The Hall–Kier alpha value is -0.260. The monoisotopic (exact) mass is 260 g/mol. The lowest BCUT2D eigenvalue weighted by molar-refractivity contribution is -0.189. The molecular formula is C12H20O4S. The van der Waals surface area contributed by atoms with Gasteiger partial charge < -0.3 is 14.6 Å². The van der Waals surface area contributed by atoms with Crippen molar-refractivity contribution in [2.45, 2.75) is 31.3 Å². The van der Waals surface area contributed by atoms with E-state index in [0.717, 1.165) is 11.5 Å². The van der Waals surface area contributed by atoms with Crippen molar-refractivity contribution in [2.75, 3.05) is 31.8 Å². The van der Waals surface area contributed by atoms with Crippen molar-refractivity contribution in [3.05, 3.63) is 0 Å². The summed E-state index contributed by atoms with van der Waals surface area (Å²) >= 11 is 1.84. The Kier molecular flexibility index (Phi) is 4.00. The average Bonchev–Trinajstić information content (AvgIpc) is 2.39. The number of methoxy groups -OCH3 is 1. The van der Waals surface area contributed by atoms with Gasteiger partial charge in [0, 0.05) is 13.2 Å². The van der Waals surface area contributed by atoms with Gasteiger partial charge in [0.15, 0.2) is 0 Å². The van der Waals surface area contributed by atoms with Crippen LogP contribution in [-0.4, -0.2) is 48.5 Å². The molecule has 4 nitrogen and oxygen atoms in total. The summed E-state index contributed by atoms with van der Waals surface area (Å²) in [5.41, 5.74) is -1.66. The van der Waals surface area contributed by atoms with E-state index in [1.165, 1.54) is 7.11 Å². The normalized spacial score (nSPS) is 27.4. The van der Waals surface area contributed by atoms with Crippen LogP contribution < -0.4 is 0 Å². The minimum absolute atomic E-state index is 0.268. The number of aliphatic hydroxyl groups is 1. The first-order valence-corrected chi connectivity index (χ1v) is 7.26. The van der Waals surface area contributed by atoms with Gasteiger partial charge in [0.2, 0.25) is 0 Å². The Bertz CT molecular complexity index is 280. The van der Waals surface area contributed by atoms with Crippen molar-refractivity contribution in [1.82, 2.24) is 0 Å². The maximum absolute atomic E-state index is 12.1. The molecule has 0 spiro atoms. The fourth-order valence-electron chi connectivity index (χ4n) is 2.96. The molecule has 2 fully saturated rings. The predicted molar refractivity (Wildman–Crippen MR) is 66.0 cm³/mol. The molecular weight excluding hydrogens is 240 g/mol. The van der Waals surface area contributed by atoms with Gasteiger partial charge in [-0.05, 0) is 37.2 Å². The van der Waals surface area contributed by atoms with Crippen molar-refractivity contribution in [1.29, 1.82) is 0 Å². The lowest BCUT2D eigenvalue weighted by Crippen LogP contribution is -2.57. The predicted octanol–water partition coefficient (Wildman–Crippen LogP) is 1.21. The maximum Gasteiger partial charge on any atom is 0.314 e. The van der Waals surface area contributed by atoms with Gasteiger partial charge in [0.25, 0.3) is 0 Å². The summed E-state index contributed by atoms with van der Waals surface area (Å²) in [6.45, 7) is 1.06. The van der Waals surface area contributed by atoms with Crippen LogP contribution in [0.2, 0.25) is 0 Å². The van der Waals surface area contributed by atoms with Crippen LogP contribution in [0.3, 0.4) is 0 Å². The summed E-state index contributed by atoms with van der Waals surface area (Å²) in [7, 11) is 1.40. The maximum atomic E-state index is 12.1. The number of carbonyl (C=O) groups is 1. The van der Waals surface area contributed by atoms with E-state index in [0.29, 0.717) is 38.9 Å². The van der Waals surface area contributed by atoms with E-state index in [9.17, 15) is 9.90 Å². The second-order valence-corrected chi connectivity index (χ2v) is 6.05. The van der Waals surface area contributed by atoms with Crippen LogP contribution in [0.15, 0.2) is 0 Å². The summed E-state index contributed by atoms with van der Waals surface area (Å²) in [4.78, 5) is 12.1. The van der Waals surface area contributed by atoms with Gasteiger partial charge in [-0.25, -0.2) is 0 Å². The highest BCUT2D eigenvalue weighted by Crippen LogP contribution is 2.48. The quantitative estimate of drug-likeness (QED) is 0.756. The van der Waals surface area contributed by atoms with E-state index < -0.39 is 11.0 Å². The average molecular weight is 260 g/mol. The largest absolute Gasteiger partial charge is 0.469 e. The molecule has 98 valence electrons. The zero-order valence-corrected chi connectivity index (χ0v) is 11.1. The zero-order chi connectivity index (χ0) is 12.4. The molecule has 2 saturated heterocycles. The lowest BCUT2D eigenvalue weighted by Gasteiger charge is -2.48. The van der Waals surface area contributed by atoms with E-state index in [1.54, 1.807) is 0 Å². The number of hydrogen-bond acceptors (Lipinski definition) is 5. The van der Waals surface area contributed by atoms with Crippen LogP contribution in [0, 0.1) is 5.41 Å². The van der Waals surface area contributed by atoms with Crippen LogP contribution >= 0.6 is 11.8 Å².